The molecule has 0 unspecified atom stereocenters. The lowest BCUT2D eigenvalue weighted by molar-refractivity contribution is 0.0358. The normalized spacial score (nSPS) is 22.3. The van der Waals surface area contributed by atoms with Crippen LogP contribution in [0.3, 0.4) is 0 Å². The topological polar surface area (TPSA) is 48.0 Å². The van der Waals surface area contributed by atoms with Crippen LogP contribution in [0.2, 0.25) is 5.02 Å². The van der Waals surface area contributed by atoms with E-state index in [-0.39, 0.29) is 30.9 Å². The second-order valence-corrected chi connectivity index (χ2v) is 10.7. The van der Waals surface area contributed by atoms with E-state index in [1.165, 1.54) is 10.5 Å². The molecule has 3 aliphatic heterocycles. The Hall–Kier alpha value is -2.83. The molecular weight excluding hydrogens is 482 g/mol. The number of nitrogens with zero attached hydrogens (tertiary/aromatic N) is 1. The van der Waals surface area contributed by atoms with Gasteiger partial charge in [-0.1, -0.05) is 23.7 Å². The predicted octanol–water partition coefficient (Wildman–Crippen LogP) is 6.58. The van der Waals surface area contributed by atoms with E-state index in [0.717, 1.165) is 59.3 Å². The molecule has 3 aromatic rings. The molecule has 0 spiro atoms. The van der Waals surface area contributed by atoms with Gasteiger partial charge >= 0.3 is 0 Å². The van der Waals surface area contributed by atoms with Crippen LogP contribution in [0.15, 0.2) is 71.6 Å². The number of rotatable bonds is 6. The Morgan fingerprint density at radius 2 is 1.66 bits per heavy atom. The maximum Gasteiger partial charge on any atom is 0.254 e. The van der Waals surface area contributed by atoms with E-state index in [1.54, 1.807) is 11.8 Å². The summed E-state index contributed by atoms with van der Waals surface area (Å²) >= 11 is 7.73. The van der Waals surface area contributed by atoms with Crippen molar-refractivity contribution in [1.82, 2.24) is 4.90 Å². The van der Waals surface area contributed by atoms with Crippen LogP contribution >= 0.6 is 23.4 Å². The van der Waals surface area contributed by atoms with Crippen LogP contribution in [0, 0.1) is 0 Å². The molecule has 1 amide bonds. The lowest BCUT2D eigenvalue weighted by atomic mass is 9.98. The number of amides is 1. The van der Waals surface area contributed by atoms with Crippen LogP contribution in [0.4, 0.5) is 0 Å². The molecule has 3 aromatic carbocycles. The molecule has 5 nitrogen and oxygen atoms in total. The SMILES string of the molecule is O=C(c1ccc(CSc2ccc(Cl)cc2)cc1)N1[C@H]2CC[C@H]1CC(Oc1ccc3c(c1)OCO3)C2. The molecule has 2 fully saturated rings. The molecule has 0 saturated carbocycles. The molecule has 180 valence electrons. The molecular formula is C28H26ClNO4S. The molecule has 6 rings (SSSR count). The van der Waals surface area contributed by atoms with E-state index >= 15 is 0 Å². The smallest absolute Gasteiger partial charge is 0.254 e. The fraction of sp³-hybridized carbons (Fsp3) is 0.321. The number of piperidine rings is 1. The molecule has 3 aliphatic rings. The quantitative estimate of drug-likeness (QED) is 0.353. The zero-order valence-electron chi connectivity index (χ0n) is 19.2. The van der Waals surface area contributed by atoms with E-state index in [4.69, 9.17) is 25.8 Å². The molecule has 0 N–H and O–H groups in total. The van der Waals surface area contributed by atoms with E-state index in [1.807, 2.05) is 54.6 Å². The van der Waals surface area contributed by atoms with Gasteiger partial charge in [-0.25, -0.2) is 0 Å². The number of thioether (sulfide) groups is 1. The summed E-state index contributed by atoms with van der Waals surface area (Å²) in [6.07, 6.45) is 3.88. The third-order valence-corrected chi connectivity index (χ3v) is 8.33. The number of benzene rings is 3. The monoisotopic (exact) mass is 507 g/mol. The van der Waals surface area contributed by atoms with Gasteiger partial charge in [-0.05, 0) is 66.9 Å². The molecule has 0 radical (unpaired) electrons. The van der Waals surface area contributed by atoms with Crippen molar-refractivity contribution in [2.75, 3.05) is 6.79 Å². The van der Waals surface area contributed by atoms with E-state index in [0.29, 0.717) is 0 Å². The average molecular weight is 508 g/mol. The number of fused-ring (bicyclic) bond motifs is 3. The van der Waals surface area contributed by atoms with Crippen molar-refractivity contribution in [2.45, 2.75) is 54.5 Å². The molecule has 7 heteroatoms. The number of ether oxygens (including phenoxy) is 3. The van der Waals surface area contributed by atoms with Gasteiger partial charge in [0.25, 0.3) is 5.91 Å². The summed E-state index contributed by atoms with van der Waals surface area (Å²) in [5.41, 5.74) is 1.96. The Kier molecular flexibility index (Phi) is 6.25. The van der Waals surface area contributed by atoms with Gasteiger partial charge in [-0.15, -0.1) is 11.8 Å². The minimum absolute atomic E-state index is 0.101. The van der Waals surface area contributed by atoms with E-state index in [2.05, 4.69) is 17.0 Å². The zero-order chi connectivity index (χ0) is 23.8. The molecule has 2 bridgehead atoms. The first-order chi connectivity index (χ1) is 17.1. The average Bonchev–Trinajstić information content (AvgIpc) is 3.45. The molecule has 2 atom stereocenters. The number of halogens is 1. The minimum Gasteiger partial charge on any atom is -0.490 e. The van der Waals surface area contributed by atoms with Crippen LogP contribution in [-0.4, -0.2) is 35.8 Å². The van der Waals surface area contributed by atoms with Gasteiger partial charge in [0.2, 0.25) is 6.79 Å². The molecule has 3 heterocycles. The maximum atomic E-state index is 13.4. The number of carbonyl (C=O) groups is 1. The second kappa shape index (κ2) is 9.67. The number of carbonyl (C=O) groups excluding carboxylic acids is 1. The molecule has 35 heavy (non-hydrogen) atoms. The fourth-order valence-electron chi connectivity index (χ4n) is 5.29. The molecule has 0 aromatic heterocycles. The predicted molar refractivity (Wildman–Crippen MR) is 137 cm³/mol. The highest BCUT2D eigenvalue weighted by Gasteiger charge is 2.44. The maximum absolute atomic E-state index is 13.4. The third kappa shape index (κ3) is 4.82. The highest BCUT2D eigenvalue weighted by molar-refractivity contribution is 7.98. The lowest BCUT2D eigenvalue weighted by Crippen LogP contribution is -2.49. The largest absolute Gasteiger partial charge is 0.490 e. The van der Waals surface area contributed by atoms with Crippen molar-refractivity contribution in [1.29, 1.82) is 0 Å². The van der Waals surface area contributed by atoms with Gasteiger partial charge in [-0.2, -0.15) is 0 Å². The van der Waals surface area contributed by atoms with Gasteiger partial charge in [0.05, 0.1) is 0 Å². The zero-order valence-corrected chi connectivity index (χ0v) is 20.8. The Balaban J connectivity index is 1.07. The van der Waals surface area contributed by atoms with Crippen molar-refractivity contribution in [2.24, 2.45) is 0 Å². The number of hydrogen-bond donors (Lipinski definition) is 0. The molecule has 2 saturated heterocycles. The summed E-state index contributed by atoms with van der Waals surface area (Å²) in [6, 6.07) is 22.1. The summed E-state index contributed by atoms with van der Waals surface area (Å²) < 4.78 is 17.2. The minimum atomic E-state index is 0.101. The van der Waals surface area contributed by atoms with Gasteiger partial charge < -0.3 is 19.1 Å². The van der Waals surface area contributed by atoms with Crippen molar-refractivity contribution >= 4 is 29.3 Å². The summed E-state index contributed by atoms with van der Waals surface area (Å²) in [4.78, 5) is 16.7. The van der Waals surface area contributed by atoms with Gasteiger partial charge in [0, 0.05) is 52.2 Å². The summed E-state index contributed by atoms with van der Waals surface area (Å²) in [5.74, 6) is 3.27. The number of hydrogen-bond acceptors (Lipinski definition) is 5. The lowest BCUT2D eigenvalue weighted by Gasteiger charge is -2.39. The standard InChI is InChI=1S/C28H26ClNO4S/c29-20-5-10-25(11-6-20)35-16-18-1-3-19(4-2-18)28(31)30-21-7-8-22(30)14-24(13-21)34-23-9-12-26-27(15-23)33-17-32-26/h1-6,9-12,15,21-22,24H,7-8,13-14,16-17H2/t21-,22-/m0/s1. The Morgan fingerprint density at radius 1 is 0.943 bits per heavy atom. The van der Waals surface area contributed by atoms with Crippen molar-refractivity contribution in [3.8, 4) is 17.2 Å². The summed E-state index contributed by atoms with van der Waals surface area (Å²) in [7, 11) is 0. The first-order valence-corrected chi connectivity index (χ1v) is 13.3. The first kappa shape index (κ1) is 22.6. The van der Waals surface area contributed by atoms with Crippen LogP contribution < -0.4 is 14.2 Å². The van der Waals surface area contributed by atoms with Crippen LogP contribution in [0.25, 0.3) is 0 Å². The summed E-state index contributed by atoms with van der Waals surface area (Å²) in [5, 5.41) is 0.745. The third-order valence-electron chi connectivity index (χ3n) is 6.99. The van der Waals surface area contributed by atoms with Crippen molar-refractivity contribution < 1.29 is 19.0 Å². The highest BCUT2D eigenvalue weighted by Crippen LogP contribution is 2.40. The van der Waals surface area contributed by atoms with E-state index in [9.17, 15) is 4.79 Å². The molecule has 0 aliphatic carbocycles. The Morgan fingerprint density at radius 3 is 2.40 bits per heavy atom. The van der Waals surface area contributed by atoms with Crippen molar-refractivity contribution in [3.63, 3.8) is 0 Å². The van der Waals surface area contributed by atoms with Gasteiger partial charge in [0.15, 0.2) is 11.5 Å². The fourth-order valence-corrected chi connectivity index (χ4v) is 6.27. The van der Waals surface area contributed by atoms with Crippen LogP contribution in [0.1, 0.15) is 41.6 Å². The van der Waals surface area contributed by atoms with E-state index < -0.39 is 0 Å². The van der Waals surface area contributed by atoms with Crippen molar-refractivity contribution in [3.05, 3.63) is 82.9 Å². The summed E-state index contributed by atoms with van der Waals surface area (Å²) in [6.45, 7) is 0.256. The Labute approximate surface area is 214 Å². The van der Waals surface area contributed by atoms with Gasteiger partial charge in [-0.3, -0.25) is 4.79 Å². The Bertz CT molecular complexity index is 1200. The highest BCUT2D eigenvalue weighted by atomic mass is 35.5. The second-order valence-electron chi connectivity index (χ2n) is 9.26. The first-order valence-electron chi connectivity index (χ1n) is 12.0. The van der Waals surface area contributed by atoms with Crippen LogP contribution in [-0.2, 0) is 5.75 Å². The van der Waals surface area contributed by atoms with Crippen LogP contribution in [0.5, 0.6) is 17.2 Å². The van der Waals surface area contributed by atoms with Gasteiger partial charge in [0.1, 0.15) is 11.9 Å².